The van der Waals surface area contributed by atoms with Gasteiger partial charge in [-0.15, -0.1) is 0 Å². The van der Waals surface area contributed by atoms with Crippen LogP contribution in [0.3, 0.4) is 0 Å². The molecule has 2 heterocycles. The van der Waals surface area contributed by atoms with E-state index in [1.807, 2.05) is 30.3 Å². The Balaban J connectivity index is 2.24. The molecular formula is C14H9N5. The van der Waals surface area contributed by atoms with E-state index in [0.717, 1.165) is 16.5 Å². The molecule has 0 bridgehead atoms. The number of fused-ring (bicyclic) bond motifs is 1. The fourth-order valence-electron chi connectivity index (χ4n) is 1.90. The summed E-state index contributed by atoms with van der Waals surface area (Å²) >= 11 is 0. The van der Waals surface area contributed by atoms with E-state index < -0.39 is 0 Å². The Morgan fingerprint density at radius 1 is 1.11 bits per heavy atom. The van der Waals surface area contributed by atoms with Crippen molar-refractivity contribution in [2.24, 2.45) is 0 Å². The average molecular weight is 247 g/mol. The average Bonchev–Trinajstić information content (AvgIpc) is 2.46. The molecule has 19 heavy (non-hydrogen) atoms. The summed E-state index contributed by atoms with van der Waals surface area (Å²) in [5.41, 5.74) is 8.12. The van der Waals surface area contributed by atoms with Gasteiger partial charge in [-0.1, -0.05) is 18.2 Å². The van der Waals surface area contributed by atoms with Crippen LogP contribution < -0.4 is 5.73 Å². The molecule has 0 aliphatic rings. The Labute approximate surface area is 109 Å². The second-order valence-corrected chi connectivity index (χ2v) is 4.02. The van der Waals surface area contributed by atoms with Crippen LogP contribution >= 0.6 is 0 Å². The smallest absolute Gasteiger partial charge is 0.220 e. The Kier molecular flexibility index (Phi) is 2.54. The van der Waals surface area contributed by atoms with Gasteiger partial charge in [0.1, 0.15) is 6.07 Å². The van der Waals surface area contributed by atoms with Crippen molar-refractivity contribution in [2.75, 3.05) is 5.73 Å². The van der Waals surface area contributed by atoms with Gasteiger partial charge in [-0.2, -0.15) is 5.26 Å². The predicted molar refractivity (Wildman–Crippen MR) is 71.9 cm³/mol. The standard InChI is InChI=1S/C14H9N5/c15-6-11-8-18-14(16)19-13(11)10-5-9-3-1-2-4-12(9)17-7-10/h1-5,7-8H,(H2,16,18,19). The van der Waals surface area contributed by atoms with E-state index in [2.05, 4.69) is 21.0 Å². The molecule has 0 unspecified atom stereocenters. The number of aromatic nitrogens is 3. The monoisotopic (exact) mass is 247 g/mol. The van der Waals surface area contributed by atoms with Crippen molar-refractivity contribution in [2.45, 2.75) is 0 Å². The molecule has 5 heteroatoms. The van der Waals surface area contributed by atoms with Gasteiger partial charge >= 0.3 is 0 Å². The van der Waals surface area contributed by atoms with Gasteiger partial charge in [0.05, 0.1) is 23.0 Å². The van der Waals surface area contributed by atoms with Crippen LogP contribution in [0.5, 0.6) is 0 Å². The third kappa shape index (κ3) is 1.96. The number of nitrogens with two attached hydrogens (primary N) is 1. The molecule has 0 aliphatic carbocycles. The Morgan fingerprint density at radius 2 is 1.95 bits per heavy atom. The predicted octanol–water partition coefficient (Wildman–Crippen LogP) is 2.15. The first kappa shape index (κ1) is 11.1. The molecule has 0 aliphatic heterocycles. The van der Waals surface area contributed by atoms with E-state index in [1.54, 1.807) is 6.20 Å². The molecule has 0 amide bonds. The molecule has 0 saturated carbocycles. The van der Waals surface area contributed by atoms with E-state index in [0.29, 0.717) is 11.3 Å². The van der Waals surface area contributed by atoms with Crippen LogP contribution in [0, 0.1) is 11.3 Å². The van der Waals surface area contributed by atoms with Crippen LogP contribution in [-0.4, -0.2) is 15.0 Å². The minimum absolute atomic E-state index is 0.141. The van der Waals surface area contributed by atoms with E-state index >= 15 is 0 Å². The van der Waals surface area contributed by atoms with Gasteiger partial charge in [0.2, 0.25) is 5.95 Å². The number of benzene rings is 1. The van der Waals surface area contributed by atoms with Crippen molar-refractivity contribution in [1.29, 1.82) is 5.26 Å². The van der Waals surface area contributed by atoms with Crippen LogP contribution in [0.4, 0.5) is 5.95 Å². The third-order valence-corrected chi connectivity index (χ3v) is 2.79. The lowest BCUT2D eigenvalue weighted by Crippen LogP contribution is -1.99. The van der Waals surface area contributed by atoms with Gasteiger partial charge in [-0.3, -0.25) is 4.98 Å². The van der Waals surface area contributed by atoms with Gasteiger partial charge in [0, 0.05) is 17.1 Å². The zero-order valence-corrected chi connectivity index (χ0v) is 9.91. The normalized spacial score (nSPS) is 10.3. The van der Waals surface area contributed by atoms with Crippen LogP contribution in [0.15, 0.2) is 42.7 Å². The molecule has 0 spiro atoms. The summed E-state index contributed by atoms with van der Waals surface area (Å²) in [7, 11) is 0. The largest absolute Gasteiger partial charge is 0.368 e. The molecule has 3 rings (SSSR count). The number of nitrogens with zero attached hydrogens (tertiary/aromatic N) is 4. The number of hydrogen-bond donors (Lipinski definition) is 1. The maximum absolute atomic E-state index is 9.09. The number of para-hydroxylation sites is 1. The maximum Gasteiger partial charge on any atom is 0.220 e. The highest BCUT2D eigenvalue weighted by molar-refractivity contribution is 5.83. The number of nitrogen functional groups attached to an aromatic ring is 1. The lowest BCUT2D eigenvalue weighted by Gasteiger charge is -2.05. The summed E-state index contributed by atoms with van der Waals surface area (Å²) in [4.78, 5) is 12.3. The van der Waals surface area contributed by atoms with E-state index in [4.69, 9.17) is 11.0 Å². The number of hydrogen-bond acceptors (Lipinski definition) is 5. The maximum atomic E-state index is 9.09. The van der Waals surface area contributed by atoms with E-state index in [1.165, 1.54) is 6.20 Å². The minimum atomic E-state index is 0.141. The van der Waals surface area contributed by atoms with E-state index in [9.17, 15) is 0 Å². The summed E-state index contributed by atoms with van der Waals surface area (Å²) < 4.78 is 0. The summed E-state index contributed by atoms with van der Waals surface area (Å²) in [5.74, 6) is 0.141. The number of pyridine rings is 1. The van der Waals surface area contributed by atoms with Crippen molar-refractivity contribution in [3.63, 3.8) is 0 Å². The third-order valence-electron chi connectivity index (χ3n) is 2.79. The van der Waals surface area contributed by atoms with Gasteiger partial charge in [0.25, 0.3) is 0 Å². The first-order valence-electron chi connectivity index (χ1n) is 5.66. The molecule has 3 aromatic rings. The number of anilines is 1. The molecule has 0 radical (unpaired) electrons. The van der Waals surface area contributed by atoms with Crippen LogP contribution in [-0.2, 0) is 0 Å². The van der Waals surface area contributed by atoms with Crippen molar-refractivity contribution >= 4 is 16.9 Å². The van der Waals surface area contributed by atoms with Crippen molar-refractivity contribution in [3.05, 3.63) is 48.3 Å². The highest BCUT2D eigenvalue weighted by atomic mass is 15.0. The highest BCUT2D eigenvalue weighted by Crippen LogP contribution is 2.23. The molecule has 0 atom stereocenters. The molecule has 2 N–H and O–H groups in total. The van der Waals surface area contributed by atoms with Crippen LogP contribution in [0.1, 0.15) is 5.56 Å². The first-order valence-corrected chi connectivity index (χ1v) is 5.66. The minimum Gasteiger partial charge on any atom is -0.368 e. The lowest BCUT2D eigenvalue weighted by atomic mass is 10.1. The SMILES string of the molecule is N#Cc1cnc(N)nc1-c1cnc2ccccc2c1. The van der Waals surface area contributed by atoms with Crippen molar-refractivity contribution < 1.29 is 0 Å². The molecular weight excluding hydrogens is 238 g/mol. The summed E-state index contributed by atoms with van der Waals surface area (Å²) in [6.07, 6.45) is 3.11. The molecule has 0 fully saturated rings. The highest BCUT2D eigenvalue weighted by Gasteiger charge is 2.09. The Bertz CT molecular complexity index is 804. The molecule has 5 nitrogen and oxygen atoms in total. The molecule has 1 aromatic carbocycles. The topological polar surface area (TPSA) is 88.5 Å². The summed E-state index contributed by atoms with van der Waals surface area (Å²) in [6.45, 7) is 0. The summed E-state index contributed by atoms with van der Waals surface area (Å²) in [6, 6.07) is 11.8. The zero-order valence-electron chi connectivity index (χ0n) is 9.91. The van der Waals surface area contributed by atoms with Crippen LogP contribution in [0.2, 0.25) is 0 Å². The molecule has 0 saturated heterocycles. The number of rotatable bonds is 1. The Morgan fingerprint density at radius 3 is 2.79 bits per heavy atom. The lowest BCUT2D eigenvalue weighted by molar-refractivity contribution is 1.17. The van der Waals surface area contributed by atoms with Crippen molar-refractivity contribution in [3.8, 4) is 17.3 Å². The second-order valence-electron chi connectivity index (χ2n) is 4.02. The van der Waals surface area contributed by atoms with Gasteiger partial charge in [-0.25, -0.2) is 9.97 Å². The molecule has 2 aromatic heterocycles. The first-order chi connectivity index (χ1) is 9.28. The fourth-order valence-corrected chi connectivity index (χ4v) is 1.90. The van der Waals surface area contributed by atoms with Gasteiger partial charge in [-0.05, 0) is 12.1 Å². The quantitative estimate of drug-likeness (QED) is 0.711. The molecule has 90 valence electrons. The van der Waals surface area contributed by atoms with Gasteiger partial charge in [0.15, 0.2) is 0 Å². The van der Waals surface area contributed by atoms with Gasteiger partial charge < -0.3 is 5.73 Å². The summed E-state index contributed by atoms with van der Waals surface area (Å²) in [5, 5.41) is 10.1. The second kappa shape index (κ2) is 4.35. The fraction of sp³-hybridized carbons (Fsp3) is 0. The van der Waals surface area contributed by atoms with E-state index in [-0.39, 0.29) is 5.95 Å². The van der Waals surface area contributed by atoms with Crippen molar-refractivity contribution in [1.82, 2.24) is 15.0 Å². The zero-order chi connectivity index (χ0) is 13.2. The number of nitriles is 1. The van der Waals surface area contributed by atoms with Crippen LogP contribution in [0.25, 0.3) is 22.2 Å². The Hall–Kier alpha value is -3.00.